The summed E-state index contributed by atoms with van der Waals surface area (Å²) < 4.78 is 6.17. The lowest BCUT2D eigenvalue weighted by molar-refractivity contribution is -0.148. The number of carbonyl (C=O) groups is 1. The highest BCUT2D eigenvalue weighted by atomic mass is 35.5. The molecule has 1 unspecified atom stereocenters. The molecule has 1 aliphatic carbocycles. The second kappa shape index (κ2) is 10.8. The Hall–Kier alpha value is -3.35. The van der Waals surface area contributed by atoms with E-state index in [-0.39, 0.29) is 5.43 Å². The first kappa shape index (κ1) is 26.3. The van der Waals surface area contributed by atoms with Gasteiger partial charge >= 0.3 is 5.97 Å². The van der Waals surface area contributed by atoms with E-state index < -0.39 is 17.3 Å². The summed E-state index contributed by atoms with van der Waals surface area (Å²) in [5.41, 5.74) is 2.17. The third kappa shape index (κ3) is 5.29. The average Bonchev–Trinajstić information content (AvgIpc) is 3.06. The highest BCUT2D eigenvalue weighted by Crippen LogP contribution is 2.43. The second-order valence-electron chi connectivity index (χ2n) is 10.8. The van der Waals surface area contributed by atoms with Gasteiger partial charge in [0.15, 0.2) is 5.43 Å². The molecule has 3 heterocycles. The number of nitrogens with zero attached hydrogens (tertiary/aromatic N) is 1. The SMILES string of the molecule is CC(C)(C(=O)O)C1C=CC=C2Oc3[nH]ccc(=O)c3C(=CCCN3CCC(c4ccc(Cl)cc4)CC3)C=C21. The minimum Gasteiger partial charge on any atom is -0.481 e. The minimum atomic E-state index is -1.05. The number of hydrogen-bond donors (Lipinski definition) is 2. The maximum Gasteiger partial charge on any atom is 0.310 e. The van der Waals surface area contributed by atoms with Crippen molar-refractivity contribution in [3.63, 3.8) is 0 Å². The second-order valence-corrected chi connectivity index (χ2v) is 11.2. The number of carboxylic acids is 1. The van der Waals surface area contributed by atoms with Gasteiger partial charge in [-0.2, -0.15) is 0 Å². The van der Waals surface area contributed by atoms with E-state index in [1.165, 1.54) is 11.6 Å². The summed E-state index contributed by atoms with van der Waals surface area (Å²) in [5, 5.41) is 10.7. The molecule has 5 rings (SSSR count). The van der Waals surface area contributed by atoms with E-state index in [0.29, 0.717) is 23.1 Å². The van der Waals surface area contributed by atoms with E-state index in [4.69, 9.17) is 16.3 Å². The zero-order chi connectivity index (χ0) is 26.9. The van der Waals surface area contributed by atoms with E-state index in [2.05, 4.69) is 28.1 Å². The van der Waals surface area contributed by atoms with Crippen LogP contribution in [0.2, 0.25) is 5.02 Å². The Labute approximate surface area is 228 Å². The largest absolute Gasteiger partial charge is 0.481 e. The summed E-state index contributed by atoms with van der Waals surface area (Å²) in [4.78, 5) is 30.6. The number of hydrogen-bond acceptors (Lipinski definition) is 4. The molecule has 1 aromatic carbocycles. The van der Waals surface area contributed by atoms with Crippen molar-refractivity contribution in [3.8, 4) is 5.88 Å². The normalized spacial score (nSPS) is 21.1. The first-order chi connectivity index (χ1) is 18.2. The third-order valence-electron chi connectivity index (χ3n) is 7.97. The van der Waals surface area contributed by atoms with Crippen LogP contribution in [0.4, 0.5) is 0 Å². The first-order valence-corrected chi connectivity index (χ1v) is 13.5. The maximum atomic E-state index is 13.0. The van der Waals surface area contributed by atoms with Gasteiger partial charge in [-0.25, -0.2) is 0 Å². The van der Waals surface area contributed by atoms with Gasteiger partial charge in [0.2, 0.25) is 5.88 Å². The molecule has 0 radical (unpaired) electrons. The van der Waals surface area contributed by atoms with E-state index in [0.717, 1.165) is 55.1 Å². The number of piperidine rings is 1. The van der Waals surface area contributed by atoms with Crippen molar-refractivity contribution in [1.29, 1.82) is 0 Å². The summed E-state index contributed by atoms with van der Waals surface area (Å²) in [5.74, 6) is 0.198. The number of allylic oxidation sites excluding steroid dienone is 6. The maximum absolute atomic E-state index is 13.0. The van der Waals surface area contributed by atoms with E-state index in [1.54, 1.807) is 20.0 Å². The van der Waals surface area contributed by atoms with Crippen molar-refractivity contribution < 1.29 is 14.6 Å². The molecular formula is C31H33ClN2O4. The molecule has 0 saturated carbocycles. The van der Waals surface area contributed by atoms with Crippen molar-refractivity contribution in [2.75, 3.05) is 19.6 Å². The monoisotopic (exact) mass is 532 g/mol. The van der Waals surface area contributed by atoms with Crippen LogP contribution in [-0.4, -0.2) is 40.6 Å². The van der Waals surface area contributed by atoms with Crippen LogP contribution >= 0.6 is 11.6 Å². The van der Waals surface area contributed by atoms with Crippen molar-refractivity contribution in [2.24, 2.45) is 11.3 Å². The van der Waals surface area contributed by atoms with Gasteiger partial charge in [-0.15, -0.1) is 0 Å². The minimum absolute atomic E-state index is 0.133. The summed E-state index contributed by atoms with van der Waals surface area (Å²) in [6.07, 6.45) is 14.1. The van der Waals surface area contributed by atoms with Gasteiger partial charge in [-0.05, 0) is 87.5 Å². The number of carboxylic acid groups (broad SMARTS) is 1. The molecular weight excluding hydrogens is 500 g/mol. The summed E-state index contributed by atoms with van der Waals surface area (Å²) in [6, 6.07) is 9.68. The van der Waals surface area contributed by atoms with Gasteiger partial charge in [-0.1, -0.05) is 42.0 Å². The van der Waals surface area contributed by atoms with Crippen LogP contribution in [0.25, 0.3) is 5.57 Å². The molecule has 0 amide bonds. The predicted molar refractivity (Wildman–Crippen MR) is 150 cm³/mol. The van der Waals surface area contributed by atoms with Crippen LogP contribution in [0.5, 0.6) is 5.88 Å². The zero-order valence-electron chi connectivity index (χ0n) is 21.7. The number of rotatable bonds is 6. The fourth-order valence-corrected chi connectivity index (χ4v) is 5.70. The van der Waals surface area contributed by atoms with Crippen molar-refractivity contribution in [3.05, 3.63) is 105 Å². The van der Waals surface area contributed by atoms with Gasteiger partial charge in [0.25, 0.3) is 0 Å². The topological polar surface area (TPSA) is 82.6 Å². The van der Waals surface area contributed by atoms with Gasteiger partial charge in [0, 0.05) is 35.3 Å². The Bertz CT molecular complexity index is 1390. The van der Waals surface area contributed by atoms with Crippen LogP contribution in [0.1, 0.15) is 50.2 Å². The number of halogens is 1. The number of nitrogens with one attached hydrogen (secondary N) is 1. The molecule has 7 heteroatoms. The Morgan fingerprint density at radius 2 is 1.95 bits per heavy atom. The van der Waals surface area contributed by atoms with Crippen molar-refractivity contribution in [1.82, 2.24) is 9.88 Å². The average molecular weight is 533 g/mol. The summed E-state index contributed by atoms with van der Waals surface area (Å²) in [6.45, 7) is 6.35. The number of pyridine rings is 1. The number of aliphatic carboxylic acids is 1. The van der Waals surface area contributed by atoms with Crippen molar-refractivity contribution >= 4 is 23.1 Å². The van der Waals surface area contributed by atoms with Gasteiger partial charge in [-0.3, -0.25) is 9.59 Å². The predicted octanol–water partition coefficient (Wildman–Crippen LogP) is 6.18. The smallest absolute Gasteiger partial charge is 0.310 e. The molecule has 1 aromatic heterocycles. The molecule has 2 aromatic rings. The Balaban J connectivity index is 1.36. The van der Waals surface area contributed by atoms with Gasteiger partial charge in [0.05, 0.1) is 11.0 Å². The molecule has 2 aliphatic heterocycles. The summed E-state index contributed by atoms with van der Waals surface area (Å²) >= 11 is 6.05. The van der Waals surface area contributed by atoms with Crippen LogP contribution in [0, 0.1) is 11.3 Å². The number of likely N-dealkylation sites (tertiary alicyclic amines) is 1. The fraction of sp³-hybridized carbons (Fsp3) is 0.355. The molecule has 1 fully saturated rings. The highest BCUT2D eigenvalue weighted by molar-refractivity contribution is 6.30. The number of ether oxygens (including phenoxy) is 1. The van der Waals surface area contributed by atoms with Gasteiger partial charge < -0.3 is 19.7 Å². The fourth-order valence-electron chi connectivity index (χ4n) is 5.58. The lowest BCUT2D eigenvalue weighted by atomic mass is 9.72. The number of fused-ring (bicyclic) bond motifs is 2. The Morgan fingerprint density at radius 1 is 1.21 bits per heavy atom. The van der Waals surface area contributed by atoms with E-state index in [1.807, 2.05) is 36.4 Å². The Kier molecular flexibility index (Phi) is 7.46. The molecule has 0 bridgehead atoms. The number of H-pyrrole nitrogens is 1. The zero-order valence-corrected chi connectivity index (χ0v) is 22.5. The van der Waals surface area contributed by atoms with E-state index >= 15 is 0 Å². The lowest BCUT2D eigenvalue weighted by Crippen LogP contribution is -2.34. The third-order valence-corrected chi connectivity index (χ3v) is 8.22. The van der Waals surface area contributed by atoms with Crippen LogP contribution in [0.3, 0.4) is 0 Å². The Morgan fingerprint density at radius 3 is 2.66 bits per heavy atom. The number of aromatic nitrogens is 1. The highest BCUT2D eigenvalue weighted by Gasteiger charge is 2.41. The van der Waals surface area contributed by atoms with Crippen LogP contribution in [0.15, 0.2) is 83.0 Å². The van der Waals surface area contributed by atoms with Gasteiger partial charge in [0.1, 0.15) is 5.76 Å². The number of aromatic amines is 1. The summed E-state index contributed by atoms with van der Waals surface area (Å²) in [7, 11) is 0. The molecule has 3 aliphatic rings. The first-order valence-electron chi connectivity index (χ1n) is 13.2. The molecule has 6 nitrogen and oxygen atoms in total. The standard InChI is InChI=1S/C31H33ClN2O4/c1-31(2,30(36)37)25-6-3-7-27-24(25)19-22(28-26(35)12-15-33-29(28)38-27)5-4-16-34-17-13-21(14-18-34)20-8-10-23(32)11-9-20/h3,5-12,15,19,21,25H,4,13-14,16-18H2,1-2H3,(H,33,35)(H,36,37). The molecule has 1 saturated heterocycles. The van der Waals surface area contributed by atoms with Crippen LogP contribution in [-0.2, 0) is 4.79 Å². The van der Waals surface area contributed by atoms with E-state index in [9.17, 15) is 14.7 Å². The van der Waals surface area contributed by atoms with Crippen LogP contribution < -0.4 is 10.2 Å². The molecule has 2 N–H and O–H groups in total. The number of benzene rings is 1. The molecule has 198 valence electrons. The lowest BCUT2D eigenvalue weighted by Gasteiger charge is -2.32. The molecule has 1 atom stereocenters. The van der Waals surface area contributed by atoms with Crippen molar-refractivity contribution in [2.45, 2.75) is 39.0 Å². The quantitative estimate of drug-likeness (QED) is 0.464. The molecule has 0 spiro atoms. The molecule has 38 heavy (non-hydrogen) atoms.